The lowest BCUT2D eigenvalue weighted by Crippen LogP contribution is -1.99. The summed E-state index contributed by atoms with van der Waals surface area (Å²) in [5, 5.41) is 13.3. The summed E-state index contributed by atoms with van der Waals surface area (Å²) in [6, 6.07) is 11.5. The van der Waals surface area contributed by atoms with Crippen LogP contribution in [0.5, 0.6) is 11.5 Å². The summed E-state index contributed by atoms with van der Waals surface area (Å²) in [5.74, 6) is 1.11. The average molecular weight is 426 g/mol. The fraction of sp³-hybridized carbons (Fsp3) is 0.182. The Balaban J connectivity index is 1.93. The van der Waals surface area contributed by atoms with E-state index in [1.807, 2.05) is 56.6 Å². The van der Waals surface area contributed by atoms with Gasteiger partial charge in [0.2, 0.25) is 0 Å². The predicted molar refractivity (Wildman–Crippen MR) is 119 cm³/mol. The van der Waals surface area contributed by atoms with Gasteiger partial charge in [0.05, 0.1) is 28.2 Å². The number of hydrogen-bond acceptors (Lipinski definition) is 5. The number of fused-ring (bicyclic) bond motifs is 1. The molecular formula is C22H20ClN3O2S. The first-order valence-electron chi connectivity index (χ1n) is 9.19. The van der Waals surface area contributed by atoms with Crippen LogP contribution in [0, 0.1) is 6.92 Å². The molecule has 2 aromatic heterocycles. The maximum absolute atomic E-state index is 10.2. The van der Waals surface area contributed by atoms with Gasteiger partial charge in [-0.25, -0.2) is 9.97 Å². The number of para-hydroxylation sites is 2. The Bertz CT molecular complexity index is 1230. The van der Waals surface area contributed by atoms with Crippen molar-refractivity contribution in [2.45, 2.75) is 13.8 Å². The minimum absolute atomic E-state index is 0.0555. The molecule has 7 heteroatoms. The lowest BCUT2D eigenvalue weighted by atomic mass is 10.1. The molecule has 0 unspecified atom stereocenters. The van der Waals surface area contributed by atoms with E-state index in [0.29, 0.717) is 12.4 Å². The number of phenolic OH excluding ortho intramolecular Hbond substituents is 1. The second kappa shape index (κ2) is 7.89. The van der Waals surface area contributed by atoms with Gasteiger partial charge in [-0.1, -0.05) is 23.7 Å². The molecule has 2 heterocycles. The van der Waals surface area contributed by atoms with Gasteiger partial charge in [-0.3, -0.25) is 0 Å². The Kier molecular flexibility index (Phi) is 5.30. The van der Waals surface area contributed by atoms with Crippen molar-refractivity contribution in [2.24, 2.45) is 7.05 Å². The summed E-state index contributed by atoms with van der Waals surface area (Å²) in [5.41, 5.74) is 4.59. The lowest BCUT2D eigenvalue weighted by Gasteiger charge is -2.10. The zero-order chi connectivity index (χ0) is 20.5. The van der Waals surface area contributed by atoms with Crippen LogP contribution in [-0.4, -0.2) is 26.2 Å². The topological polar surface area (TPSA) is 60.2 Å². The van der Waals surface area contributed by atoms with Crippen LogP contribution in [0.1, 0.15) is 29.0 Å². The third kappa shape index (κ3) is 3.73. The molecule has 148 valence electrons. The highest BCUT2D eigenvalue weighted by Gasteiger charge is 2.18. The van der Waals surface area contributed by atoms with Gasteiger partial charge < -0.3 is 14.4 Å². The van der Waals surface area contributed by atoms with E-state index >= 15 is 0 Å². The second-order valence-electron chi connectivity index (χ2n) is 6.62. The molecule has 0 saturated carbocycles. The van der Waals surface area contributed by atoms with E-state index in [0.717, 1.165) is 38.7 Å². The van der Waals surface area contributed by atoms with Crippen molar-refractivity contribution in [1.82, 2.24) is 14.5 Å². The normalized spacial score (nSPS) is 11.9. The first kappa shape index (κ1) is 19.5. The minimum Gasteiger partial charge on any atom is -0.503 e. The lowest BCUT2D eigenvalue weighted by molar-refractivity contribution is 0.318. The summed E-state index contributed by atoms with van der Waals surface area (Å²) in [6.45, 7) is 4.26. The van der Waals surface area contributed by atoms with Crippen molar-refractivity contribution in [3.05, 3.63) is 68.9 Å². The van der Waals surface area contributed by atoms with E-state index in [2.05, 4.69) is 9.55 Å². The molecule has 5 nitrogen and oxygen atoms in total. The maximum Gasteiger partial charge on any atom is 0.176 e. The van der Waals surface area contributed by atoms with Crippen LogP contribution < -0.4 is 4.74 Å². The number of rotatable bonds is 5. The Hall–Kier alpha value is -2.83. The van der Waals surface area contributed by atoms with Gasteiger partial charge >= 0.3 is 0 Å². The SMILES string of the molecule is CCOc1cc(C=C(c2nc(C)cs2)c2nc3ccccc3n2C)cc(Cl)c1O. The number of hydrogen-bond donors (Lipinski definition) is 1. The molecule has 0 atom stereocenters. The molecule has 0 fully saturated rings. The number of ether oxygens (including phenoxy) is 1. The Morgan fingerprint density at radius 3 is 2.76 bits per heavy atom. The number of aromatic hydroxyl groups is 1. The number of aryl methyl sites for hydroxylation is 2. The zero-order valence-electron chi connectivity index (χ0n) is 16.3. The molecule has 0 amide bonds. The van der Waals surface area contributed by atoms with Crippen molar-refractivity contribution in [3.8, 4) is 11.5 Å². The van der Waals surface area contributed by atoms with Crippen LogP contribution in [0.3, 0.4) is 0 Å². The van der Waals surface area contributed by atoms with Crippen molar-refractivity contribution in [1.29, 1.82) is 0 Å². The molecule has 4 aromatic rings. The first-order chi connectivity index (χ1) is 14.0. The number of halogens is 1. The molecule has 0 aliphatic heterocycles. The van der Waals surface area contributed by atoms with Gasteiger partial charge in [0.25, 0.3) is 0 Å². The molecule has 2 aromatic carbocycles. The molecule has 4 rings (SSSR count). The van der Waals surface area contributed by atoms with E-state index in [-0.39, 0.29) is 10.8 Å². The number of benzene rings is 2. The highest BCUT2D eigenvalue weighted by atomic mass is 35.5. The van der Waals surface area contributed by atoms with Crippen LogP contribution in [0.25, 0.3) is 22.7 Å². The fourth-order valence-electron chi connectivity index (χ4n) is 3.20. The predicted octanol–water partition coefficient (Wildman–Crippen LogP) is 5.68. The van der Waals surface area contributed by atoms with Crippen molar-refractivity contribution >= 4 is 45.6 Å². The van der Waals surface area contributed by atoms with Crippen molar-refractivity contribution in [3.63, 3.8) is 0 Å². The molecule has 0 spiro atoms. The molecule has 29 heavy (non-hydrogen) atoms. The van der Waals surface area contributed by atoms with Gasteiger partial charge in [-0.2, -0.15) is 0 Å². The summed E-state index contributed by atoms with van der Waals surface area (Å²) in [6.07, 6.45) is 1.98. The highest BCUT2D eigenvalue weighted by Crippen LogP contribution is 2.37. The van der Waals surface area contributed by atoms with Crippen LogP contribution in [0.2, 0.25) is 5.02 Å². The summed E-state index contributed by atoms with van der Waals surface area (Å²) < 4.78 is 7.59. The van der Waals surface area contributed by atoms with Crippen molar-refractivity contribution in [2.75, 3.05) is 6.61 Å². The van der Waals surface area contributed by atoms with Gasteiger partial charge in [-0.05, 0) is 49.8 Å². The van der Waals surface area contributed by atoms with Gasteiger partial charge in [0.1, 0.15) is 10.8 Å². The summed E-state index contributed by atoms with van der Waals surface area (Å²) in [4.78, 5) is 9.52. The minimum atomic E-state index is -0.0555. The highest BCUT2D eigenvalue weighted by molar-refractivity contribution is 7.11. The number of thiazole rings is 1. The molecule has 0 aliphatic rings. The summed E-state index contributed by atoms with van der Waals surface area (Å²) >= 11 is 7.80. The molecule has 0 aliphatic carbocycles. The quantitative estimate of drug-likeness (QED) is 0.446. The molecule has 0 radical (unpaired) electrons. The van der Waals surface area contributed by atoms with Gasteiger partial charge in [0.15, 0.2) is 11.5 Å². The first-order valence-corrected chi connectivity index (χ1v) is 10.4. The number of phenols is 1. The van der Waals surface area contributed by atoms with E-state index < -0.39 is 0 Å². The number of nitrogens with zero attached hydrogens (tertiary/aromatic N) is 3. The Morgan fingerprint density at radius 2 is 2.07 bits per heavy atom. The van der Waals surface area contributed by atoms with E-state index in [1.165, 1.54) is 0 Å². The van der Waals surface area contributed by atoms with Gasteiger partial charge in [-0.15, -0.1) is 11.3 Å². The fourth-order valence-corrected chi connectivity index (χ4v) is 4.22. The van der Waals surface area contributed by atoms with Crippen LogP contribution in [0.15, 0.2) is 41.8 Å². The van der Waals surface area contributed by atoms with Crippen LogP contribution in [0.4, 0.5) is 0 Å². The number of aromatic nitrogens is 3. The van der Waals surface area contributed by atoms with E-state index in [9.17, 15) is 5.11 Å². The van der Waals surface area contributed by atoms with E-state index in [4.69, 9.17) is 21.3 Å². The Morgan fingerprint density at radius 1 is 1.28 bits per heavy atom. The monoisotopic (exact) mass is 425 g/mol. The Labute approximate surface area is 177 Å². The molecule has 0 saturated heterocycles. The largest absolute Gasteiger partial charge is 0.503 e. The molecule has 1 N–H and O–H groups in total. The third-order valence-corrected chi connectivity index (χ3v) is 5.82. The van der Waals surface area contributed by atoms with E-state index in [1.54, 1.807) is 23.5 Å². The molecular weight excluding hydrogens is 406 g/mol. The smallest absolute Gasteiger partial charge is 0.176 e. The molecule has 0 bridgehead atoms. The third-order valence-electron chi connectivity index (χ3n) is 4.54. The zero-order valence-corrected chi connectivity index (χ0v) is 17.9. The second-order valence-corrected chi connectivity index (χ2v) is 7.88. The van der Waals surface area contributed by atoms with Crippen LogP contribution >= 0.6 is 22.9 Å². The average Bonchev–Trinajstić information content (AvgIpc) is 3.28. The van der Waals surface area contributed by atoms with Crippen LogP contribution in [-0.2, 0) is 7.05 Å². The van der Waals surface area contributed by atoms with Crippen molar-refractivity contribution < 1.29 is 9.84 Å². The maximum atomic E-state index is 10.2. The number of imidazole rings is 1. The standard InChI is InChI=1S/C22H20ClN3O2S/c1-4-28-19-11-14(10-16(23)20(19)27)9-15(22-24-13(2)12-29-22)21-25-17-7-5-6-8-18(17)26(21)3/h5-12,27H,4H2,1-3H3. The van der Waals surface area contributed by atoms with Gasteiger partial charge in [0, 0.05) is 18.1 Å². The summed E-state index contributed by atoms with van der Waals surface area (Å²) in [7, 11) is 1.99.